The second kappa shape index (κ2) is 6.75. The summed E-state index contributed by atoms with van der Waals surface area (Å²) in [5.74, 6) is -4.07. The molecule has 3 heterocycles. The molecule has 0 N–H and O–H groups in total. The lowest BCUT2D eigenvalue weighted by molar-refractivity contribution is -0.226. The molecule has 2 aromatic rings. The number of imide groups is 1. The SMILES string of the molecule is CC(=O)OC(OC(C)=O)[C@@]12C=C[C@H](O1)[C@H]1C(=O)N(c3cccc4ccccc34)C(=O)[C@@H]12. The van der Waals surface area contributed by atoms with Gasteiger partial charge in [0.05, 0.1) is 23.6 Å². The summed E-state index contributed by atoms with van der Waals surface area (Å²) in [6, 6.07) is 12.9. The van der Waals surface area contributed by atoms with Crippen molar-refractivity contribution in [3.8, 4) is 0 Å². The van der Waals surface area contributed by atoms with Crippen molar-refractivity contribution >= 4 is 40.2 Å². The number of carbonyl (C=O) groups excluding carboxylic acids is 4. The van der Waals surface area contributed by atoms with E-state index in [1.165, 1.54) is 18.7 Å². The van der Waals surface area contributed by atoms with Crippen LogP contribution in [0.25, 0.3) is 10.8 Å². The number of fused-ring (bicyclic) bond motifs is 6. The molecular weight excluding hydrogens is 402 g/mol. The predicted molar refractivity (Wildman–Crippen MR) is 107 cm³/mol. The fourth-order valence-corrected chi connectivity index (χ4v) is 4.86. The Morgan fingerprint density at radius 1 is 1.00 bits per heavy atom. The minimum absolute atomic E-state index is 0.396. The van der Waals surface area contributed by atoms with E-state index in [1.807, 2.05) is 30.3 Å². The second-order valence-corrected chi connectivity index (χ2v) is 7.86. The van der Waals surface area contributed by atoms with Crippen LogP contribution in [0.5, 0.6) is 0 Å². The monoisotopic (exact) mass is 421 g/mol. The first-order valence-electron chi connectivity index (χ1n) is 9.90. The summed E-state index contributed by atoms with van der Waals surface area (Å²) < 4.78 is 16.4. The molecule has 3 aliphatic rings. The predicted octanol–water partition coefficient (Wildman–Crippen LogP) is 2.11. The van der Waals surface area contributed by atoms with Gasteiger partial charge in [-0.2, -0.15) is 0 Å². The molecule has 31 heavy (non-hydrogen) atoms. The fraction of sp³-hybridized carbons (Fsp3) is 0.304. The normalized spacial score (nSPS) is 28.5. The van der Waals surface area contributed by atoms with E-state index in [0.29, 0.717) is 5.69 Å². The Labute approximate surface area is 177 Å². The van der Waals surface area contributed by atoms with E-state index in [-0.39, 0.29) is 0 Å². The van der Waals surface area contributed by atoms with Gasteiger partial charge in [-0.05, 0) is 17.5 Å². The molecule has 0 aliphatic carbocycles. The van der Waals surface area contributed by atoms with Gasteiger partial charge in [-0.15, -0.1) is 0 Å². The number of nitrogens with zero attached hydrogens (tertiary/aromatic N) is 1. The molecule has 0 radical (unpaired) electrons. The van der Waals surface area contributed by atoms with E-state index in [9.17, 15) is 19.2 Å². The minimum atomic E-state index is -1.56. The van der Waals surface area contributed by atoms with Gasteiger partial charge in [0.15, 0.2) is 5.60 Å². The van der Waals surface area contributed by atoms with Crippen LogP contribution < -0.4 is 4.90 Å². The number of ether oxygens (including phenoxy) is 3. The van der Waals surface area contributed by atoms with Gasteiger partial charge in [0.1, 0.15) is 0 Å². The van der Waals surface area contributed by atoms with Crippen molar-refractivity contribution in [1.82, 2.24) is 0 Å². The fourth-order valence-electron chi connectivity index (χ4n) is 4.86. The molecule has 0 saturated carbocycles. The number of hydrogen-bond acceptors (Lipinski definition) is 7. The second-order valence-electron chi connectivity index (χ2n) is 7.86. The van der Waals surface area contributed by atoms with E-state index in [2.05, 4.69) is 0 Å². The maximum Gasteiger partial charge on any atom is 0.305 e. The van der Waals surface area contributed by atoms with Crippen LogP contribution >= 0.6 is 0 Å². The Balaban J connectivity index is 1.60. The molecule has 0 aromatic heterocycles. The van der Waals surface area contributed by atoms with E-state index in [1.54, 1.807) is 24.3 Å². The Kier molecular flexibility index (Phi) is 4.23. The van der Waals surface area contributed by atoms with E-state index < -0.39 is 53.6 Å². The lowest BCUT2D eigenvalue weighted by atomic mass is 9.76. The lowest BCUT2D eigenvalue weighted by Crippen LogP contribution is -2.52. The molecule has 2 amide bonds. The highest BCUT2D eigenvalue weighted by atomic mass is 16.7. The first-order chi connectivity index (χ1) is 14.8. The standard InChI is InChI=1S/C23H19NO7/c1-12(25)29-22(30-13(2)26)23-11-10-17(31-23)18-19(23)21(28)24(20(18)27)16-9-5-7-14-6-3-4-8-15(14)16/h3-11,17-19,22H,1-2H3/t17-,18+,19+,23-/m0/s1. The average Bonchev–Trinajstić information content (AvgIpc) is 3.38. The van der Waals surface area contributed by atoms with Gasteiger partial charge in [0.25, 0.3) is 6.29 Å². The van der Waals surface area contributed by atoms with Crippen molar-refractivity contribution in [3.05, 3.63) is 54.6 Å². The molecule has 8 nitrogen and oxygen atoms in total. The summed E-state index contributed by atoms with van der Waals surface area (Å²) in [6.07, 6.45) is 1.05. The third-order valence-electron chi connectivity index (χ3n) is 6.00. The van der Waals surface area contributed by atoms with Crippen molar-refractivity contribution in [2.24, 2.45) is 11.8 Å². The summed E-state index contributed by atoms with van der Waals surface area (Å²) in [6.45, 7) is 2.33. The Morgan fingerprint density at radius 3 is 2.39 bits per heavy atom. The molecule has 3 aliphatic heterocycles. The first-order valence-corrected chi connectivity index (χ1v) is 9.90. The highest BCUT2D eigenvalue weighted by Gasteiger charge is 2.72. The van der Waals surface area contributed by atoms with Gasteiger partial charge in [-0.25, -0.2) is 4.90 Å². The minimum Gasteiger partial charge on any atom is -0.422 e. The summed E-state index contributed by atoms with van der Waals surface area (Å²) in [4.78, 5) is 51.6. The van der Waals surface area contributed by atoms with Gasteiger partial charge in [-0.3, -0.25) is 19.2 Å². The quantitative estimate of drug-likeness (QED) is 0.323. The molecule has 5 rings (SSSR count). The van der Waals surface area contributed by atoms with Crippen molar-refractivity contribution < 1.29 is 33.4 Å². The maximum absolute atomic E-state index is 13.6. The summed E-state index contributed by atoms with van der Waals surface area (Å²) in [5, 5.41) is 1.65. The number of anilines is 1. The number of benzene rings is 2. The topological polar surface area (TPSA) is 99.2 Å². The molecule has 8 heteroatoms. The molecular formula is C23H19NO7. The molecule has 2 fully saturated rings. The van der Waals surface area contributed by atoms with E-state index in [0.717, 1.165) is 10.8 Å². The van der Waals surface area contributed by atoms with E-state index >= 15 is 0 Å². The van der Waals surface area contributed by atoms with Gasteiger partial charge < -0.3 is 14.2 Å². The van der Waals surface area contributed by atoms with Crippen LogP contribution in [-0.2, 0) is 33.4 Å². The largest absolute Gasteiger partial charge is 0.422 e. The molecule has 2 bridgehead atoms. The van der Waals surface area contributed by atoms with Crippen LogP contribution in [0.4, 0.5) is 5.69 Å². The van der Waals surface area contributed by atoms with Crippen LogP contribution in [0.1, 0.15) is 13.8 Å². The van der Waals surface area contributed by atoms with Crippen LogP contribution in [0, 0.1) is 11.8 Å². The molecule has 4 atom stereocenters. The number of hydrogen-bond donors (Lipinski definition) is 0. The molecule has 2 aromatic carbocycles. The summed E-state index contributed by atoms with van der Waals surface area (Å²) in [7, 11) is 0. The molecule has 0 spiro atoms. The zero-order valence-corrected chi connectivity index (χ0v) is 16.8. The van der Waals surface area contributed by atoms with Gasteiger partial charge in [0, 0.05) is 19.2 Å². The number of esters is 2. The first kappa shape index (κ1) is 19.4. The zero-order valence-electron chi connectivity index (χ0n) is 16.8. The smallest absolute Gasteiger partial charge is 0.305 e. The van der Waals surface area contributed by atoms with Crippen LogP contribution in [0.15, 0.2) is 54.6 Å². The number of amides is 2. The van der Waals surface area contributed by atoms with Crippen molar-refractivity contribution in [2.75, 3.05) is 4.90 Å². The van der Waals surface area contributed by atoms with Crippen LogP contribution in [0.3, 0.4) is 0 Å². The summed E-state index contributed by atoms with van der Waals surface area (Å²) in [5.41, 5.74) is -1.08. The highest BCUT2D eigenvalue weighted by molar-refractivity contribution is 6.26. The maximum atomic E-state index is 13.6. The van der Waals surface area contributed by atoms with E-state index in [4.69, 9.17) is 14.2 Å². The summed E-state index contributed by atoms with van der Waals surface area (Å²) >= 11 is 0. The molecule has 2 saturated heterocycles. The average molecular weight is 421 g/mol. The van der Waals surface area contributed by atoms with Crippen molar-refractivity contribution in [2.45, 2.75) is 31.8 Å². The van der Waals surface area contributed by atoms with Gasteiger partial charge in [-0.1, -0.05) is 42.5 Å². The zero-order chi connectivity index (χ0) is 21.9. The van der Waals surface area contributed by atoms with Gasteiger partial charge >= 0.3 is 11.9 Å². The molecule has 158 valence electrons. The Bertz CT molecular complexity index is 1150. The van der Waals surface area contributed by atoms with Crippen LogP contribution in [0.2, 0.25) is 0 Å². The van der Waals surface area contributed by atoms with Gasteiger partial charge in [0.2, 0.25) is 11.8 Å². The van der Waals surface area contributed by atoms with Crippen molar-refractivity contribution in [1.29, 1.82) is 0 Å². The van der Waals surface area contributed by atoms with Crippen LogP contribution in [-0.4, -0.2) is 41.7 Å². The third-order valence-corrected chi connectivity index (χ3v) is 6.00. The van der Waals surface area contributed by atoms with Crippen molar-refractivity contribution in [3.63, 3.8) is 0 Å². The molecule has 0 unspecified atom stereocenters. The Hall–Kier alpha value is -3.52. The highest BCUT2D eigenvalue weighted by Crippen LogP contribution is 2.55. The number of carbonyl (C=O) groups is 4. The Morgan fingerprint density at radius 2 is 1.68 bits per heavy atom. The number of rotatable bonds is 4. The lowest BCUT2D eigenvalue weighted by Gasteiger charge is -2.34. The third kappa shape index (κ3) is 2.71.